The molecule has 1 heterocycles. The van der Waals surface area contributed by atoms with E-state index < -0.39 is 0 Å². The molecule has 3 nitrogen and oxygen atoms in total. The zero-order valence-corrected chi connectivity index (χ0v) is 13.3. The number of rotatable bonds is 7. The Hall–Kier alpha value is -1.12. The van der Waals surface area contributed by atoms with Gasteiger partial charge in [0.25, 0.3) is 0 Å². The van der Waals surface area contributed by atoms with Crippen LogP contribution in [0.25, 0.3) is 0 Å². The number of carbonyl (C=O) groups is 2. The van der Waals surface area contributed by atoms with Crippen LogP contribution in [0.15, 0.2) is 12.2 Å². The van der Waals surface area contributed by atoms with Crippen molar-refractivity contribution in [3.05, 3.63) is 12.2 Å². The summed E-state index contributed by atoms with van der Waals surface area (Å²) in [6, 6.07) is 0.148. The smallest absolute Gasteiger partial charge is 0.233 e. The summed E-state index contributed by atoms with van der Waals surface area (Å²) in [5.41, 5.74) is 0. The Morgan fingerprint density at radius 1 is 1.00 bits per heavy atom. The quantitative estimate of drug-likeness (QED) is 0.531. The molecule has 0 aromatic carbocycles. The maximum atomic E-state index is 12.8. The SMILES string of the molecule is CCCCC(CCCC)N1C(=O)C2C3C=CC(C3)C2C1=O. The Balaban J connectivity index is 1.77. The molecule has 1 aliphatic heterocycles. The first-order valence-electron chi connectivity index (χ1n) is 8.74. The van der Waals surface area contributed by atoms with Crippen LogP contribution in [0, 0.1) is 23.7 Å². The summed E-state index contributed by atoms with van der Waals surface area (Å²) in [6.07, 6.45) is 11.8. The van der Waals surface area contributed by atoms with Gasteiger partial charge in [-0.25, -0.2) is 0 Å². The predicted molar refractivity (Wildman–Crippen MR) is 82.4 cm³/mol. The van der Waals surface area contributed by atoms with Crippen molar-refractivity contribution in [3.8, 4) is 0 Å². The zero-order chi connectivity index (χ0) is 15.0. The Bertz CT molecular complexity index is 418. The van der Waals surface area contributed by atoms with Gasteiger partial charge in [0.1, 0.15) is 0 Å². The lowest BCUT2D eigenvalue weighted by atomic mass is 9.85. The normalized spacial score (nSPS) is 33.6. The number of hydrogen-bond donors (Lipinski definition) is 0. The molecule has 116 valence electrons. The lowest BCUT2D eigenvalue weighted by Gasteiger charge is -2.28. The summed E-state index contributed by atoms with van der Waals surface area (Å²) in [5.74, 6) is 0.883. The zero-order valence-electron chi connectivity index (χ0n) is 13.3. The molecule has 3 heteroatoms. The van der Waals surface area contributed by atoms with E-state index in [1.165, 1.54) is 0 Å². The van der Waals surface area contributed by atoms with Gasteiger partial charge in [0, 0.05) is 6.04 Å². The Morgan fingerprint density at radius 2 is 1.48 bits per heavy atom. The maximum Gasteiger partial charge on any atom is 0.233 e. The third kappa shape index (κ3) is 2.35. The van der Waals surface area contributed by atoms with Crippen LogP contribution < -0.4 is 0 Å². The van der Waals surface area contributed by atoms with Crippen molar-refractivity contribution in [1.82, 2.24) is 4.90 Å². The molecule has 1 saturated heterocycles. The minimum atomic E-state index is -0.0294. The molecule has 0 N–H and O–H groups in total. The lowest BCUT2D eigenvalue weighted by molar-refractivity contribution is -0.143. The van der Waals surface area contributed by atoms with E-state index >= 15 is 0 Å². The van der Waals surface area contributed by atoms with Gasteiger partial charge in [0.15, 0.2) is 0 Å². The minimum absolute atomic E-state index is 0.0294. The summed E-state index contributed by atoms with van der Waals surface area (Å²) in [7, 11) is 0. The molecule has 2 aliphatic carbocycles. The number of hydrogen-bond acceptors (Lipinski definition) is 2. The predicted octanol–water partition coefficient (Wildman–Crippen LogP) is 3.54. The van der Waals surface area contributed by atoms with Crippen molar-refractivity contribution < 1.29 is 9.59 Å². The van der Waals surface area contributed by atoms with Crippen molar-refractivity contribution in [1.29, 1.82) is 0 Å². The van der Waals surface area contributed by atoms with Crippen molar-refractivity contribution in [3.63, 3.8) is 0 Å². The fourth-order valence-electron chi connectivity index (χ4n) is 4.57. The first-order chi connectivity index (χ1) is 10.2. The Kier molecular flexibility index (Phi) is 4.19. The molecule has 2 amide bonds. The number of carbonyl (C=O) groups excluding carboxylic acids is 2. The highest BCUT2D eigenvalue weighted by molar-refractivity contribution is 6.06. The average Bonchev–Trinajstić information content (AvgIpc) is 3.15. The topological polar surface area (TPSA) is 37.4 Å². The molecule has 21 heavy (non-hydrogen) atoms. The van der Waals surface area contributed by atoms with E-state index in [-0.39, 0.29) is 29.7 Å². The molecule has 0 spiro atoms. The first-order valence-corrected chi connectivity index (χ1v) is 8.74. The molecule has 0 aromatic rings. The Labute approximate surface area is 127 Å². The van der Waals surface area contributed by atoms with Crippen molar-refractivity contribution >= 4 is 11.8 Å². The second-order valence-electron chi connectivity index (χ2n) is 6.98. The van der Waals surface area contributed by atoms with E-state index in [0.29, 0.717) is 11.8 Å². The van der Waals surface area contributed by atoms with Crippen molar-refractivity contribution in [2.75, 3.05) is 0 Å². The summed E-state index contributed by atoms with van der Waals surface area (Å²) in [4.78, 5) is 27.3. The summed E-state index contributed by atoms with van der Waals surface area (Å²) >= 11 is 0. The average molecular weight is 289 g/mol. The number of imide groups is 1. The minimum Gasteiger partial charge on any atom is -0.279 e. The van der Waals surface area contributed by atoms with Gasteiger partial charge in [-0.3, -0.25) is 14.5 Å². The number of allylic oxidation sites excluding steroid dienone is 2. The standard InChI is InChI=1S/C18H27NO2/c1-3-5-7-14(8-6-4-2)19-17(20)15-12-9-10-13(11-12)16(15)18(19)21/h9-10,12-16H,3-8,11H2,1-2H3. The van der Waals surface area contributed by atoms with Crippen LogP contribution >= 0.6 is 0 Å². The van der Waals surface area contributed by atoms with Crippen LogP contribution in [0.4, 0.5) is 0 Å². The molecule has 2 bridgehead atoms. The summed E-state index contributed by atoms with van der Waals surface area (Å²) in [6.45, 7) is 4.34. The van der Waals surface area contributed by atoms with Gasteiger partial charge in [-0.1, -0.05) is 51.7 Å². The highest BCUT2D eigenvalue weighted by Gasteiger charge is 2.60. The van der Waals surface area contributed by atoms with Crippen LogP contribution in [0.1, 0.15) is 58.8 Å². The molecule has 2 fully saturated rings. The number of unbranched alkanes of at least 4 members (excludes halogenated alkanes) is 2. The van der Waals surface area contributed by atoms with E-state index in [0.717, 1.165) is 44.9 Å². The fraction of sp³-hybridized carbons (Fsp3) is 0.778. The second-order valence-corrected chi connectivity index (χ2v) is 6.98. The monoisotopic (exact) mass is 289 g/mol. The molecule has 0 radical (unpaired) electrons. The van der Waals surface area contributed by atoms with E-state index in [9.17, 15) is 9.59 Å². The van der Waals surface area contributed by atoms with Crippen LogP contribution in [-0.4, -0.2) is 22.8 Å². The molecular weight excluding hydrogens is 262 g/mol. The van der Waals surface area contributed by atoms with Crippen LogP contribution in [-0.2, 0) is 9.59 Å². The van der Waals surface area contributed by atoms with Crippen LogP contribution in [0.2, 0.25) is 0 Å². The maximum absolute atomic E-state index is 12.8. The van der Waals surface area contributed by atoms with Gasteiger partial charge in [-0.2, -0.15) is 0 Å². The van der Waals surface area contributed by atoms with Gasteiger partial charge < -0.3 is 0 Å². The molecule has 4 atom stereocenters. The third-order valence-corrected chi connectivity index (χ3v) is 5.65. The fourth-order valence-corrected chi connectivity index (χ4v) is 4.57. The number of likely N-dealkylation sites (tertiary alicyclic amines) is 1. The molecular formula is C18H27NO2. The summed E-state index contributed by atoms with van der Waals surface area (Å²) < 4.78 is 0. The van der Waals surface area contributed by atoms with Crippen molar-refractivity contribution in [2.24, 2.45) is 23.7 Å². The lowest BCUT2D eigenvalue weighted by Crippen LogP contribution is -2.41. The van der Waals surface area contributed by atoms with Gasteiger partial charge in [-0.15, -0.1) is 0 Å². The third-order valence-electron chi connectivity index (χ3n) is 5.65. The Morgan fingerprint density at radius 3 is 1.90 bits per heavy atom. The summed E-state index contributed by atoms with van der Waals surface area (Å²) in [5, 5.41) is 0. The number of amides is 2. The van der Waals surface area contributed by atoms with Gasteiger partial charge >= 0.3 is 0 Å². The van der Waals surface area contributed by atoms with Gasteiger partial charge in [-0.05, 0) is 31.1 Å². The van der Waals surface area contributed by atoms with Crippen LogP contribution in [0.3, 0.4) is 0 Å². The van der Waals surface area contributed by atoms with E-state index in [2.05, 4.69) is 26.0 Å². The molecule has 1 saturated carbocycles. The van der Waals surface area contributed by atoms with E-state index in [1.807, 2.05) is 0 Å². The van der Waals surface area contributed by atoms with Crippen LogP contribution in [0.5, 0.6) is 0 Å². The van der Waals surface area contributed by atoms with E-state index in [4.69, 9.17) is 0 Å². The number of fused-ring (bicyclic) bond motifs is 5. The largest absolute Gasteiger partial charge is 0.279 e. The molecule has 3 rings (SSSR count). The van der Waals surface area contributed by atoms with Crippen molar-refractivity contribution in [2.45, 2.75) is 64.8 Å². The molecule has 0 aromatic heterocycles. The van der Waals surface area contributed by atoms with Gasteiger partial charge in [0.05, 0.1) is 11.8 Å². The second kappa shape index (κ2) is 5.94. The number of nitrogens with zero attached hydrogens (tertiary/aromatic N) is 1. The first kappa shape index (κ1) is 14.8. The van der Waals surface area contributed by atoms with E-state index in [1.54, 1.807) is 4.90 Å². The highest BCUT2D eigenvalue weighted by atomic mass is 16.2. The highest BCUT2D eigenvalue weighted by Crippen LogP contribution is 2.53. The van der Waals surface area contributed by atoms with Gasteiger partial charge in [0.2, 0.25) is 11.8 Å². The molecule has 3 aliphatic rings. The molecule has 4 unspecified atom stereocenters.